The van der Waals surface area contributed by atoms with E-state index in [2.05, 4.69) is 24.1 Å². The summed E-state index contributed by atoms with van der Waals surface area (Å²) in [5, 5.41) is 4.07. The van der Waals surface area contributed by atoms with Crippen molar-refractivity contribution >= 4 is 41.0 Å². The summed E-state index contributed by atoms with van der Waals surface area (Å²) in [7, 11) is 0. The van der Waals surface area contributed by atoms with Gasteiger partial charge in [0.1, 0.15) is 0 Å². The highest BCUT2D eigenvalue weighted by Crippen LogP contribution is 2.20. The Hall–Kier alpha value is -1.17. The number of hydrogen-bond donors (Lipinski definition) is 3. The van der Waals surface area contributed by atoms with Crippen molar-refractivity contribution in [1.29, 1.82) is 0 Å². The van der Waals surface area contributed by atoms with Crippen molar-refractivity contribution in [2.45, 2.75) is 31.1 Å². The van der Waals surface area contributed by atoms with Gasteiger partial charge in [-0.3, -0.25) is 4.79 Å². The summed E-state index contributed by atoms with van der Waals surface area (Å²) in [6.07, 6.45) is 4.51. The maximum atomic E-state index is 12.1. The molecule has 1 atom stereocenters. The first kappa shape index (κ1) is 18.9. The molecule has 4 N–H and O–H groups in total. The van der Waals surface area contributed by atoms with Crippen molar-refractivity contribution in [1.82, 2.24) is 10.3 Å². The van der Waals surface area contributed by atoms with Crippen LogP contribution in [-0.4, -0.2) is 34.5 Å². The Balaban J connectivity index is 0.00000242. The Morgan fingerprint density at radius 2 is 2.09 bits per heavy atom. The molecule has 122 valence electrons. The van der Waals surface area contributed by atoms with E-state index in [1.165, 1.54) is 0 Å². The van der Waals surface area contributed by atoms with Crippen LogP contribution in [0.15, 0.2) is 30.5 Å². The van der Waals surface area contributed by atoms with E-state index >= 15 is 0 Å². The zero-order chi connectivity index (χ0) is 15.5. The van der Waals surface area contributed by atoms with E-state index in [9.17, 15) is 4.79 Å². The molecule has 2 rings (SSSR count). The van der Waals surface area contributed by atoms with Gasteiger partial charge < -0.3 is 16.0 Å². The Labute approximate surface area is 142 Å². The summed E-state index contributed by atoms with van der Waals surface area (Å²) in [4.78, 5) is 15.3. The van der Waals surface area contributed by atoms with Crippen molar-refractivity contribution in [3.63, 3.8) is 0 Å². The molecule has 0 saturated heterocycles. The predicted molar refractivity (Wildman–Crippen MR) is 97.8 cm³/mol. The smallest absolute Gasteiger partial charge is 0.237 e. The number of thioether (sulfide) groups is 1. The lowest BCUT2D eigenvalue weighted by Crippen LogP contribution is -2.46. The molecule has 1 heterocycles. The molecular formula is C16H24ClN3OS. The van der Waals surface area contributed by atoms with Crippen LogP contribution in [-0.2, 0) is 11.2 Å². The molecule has 0 aliphatic carbocycles. The van der Waals surface area contributed by atoms with Gasteiger partial charge in [-0.15, -0.1) is 12.4 Å². The Bertz CT molecular complexity index is 627. The zero-order valence-corrected chi connectivity index (χ0v) is 14.8. The van der Waals surface area contributed by atoms with Gasteiger partial charge in [-0.1, -0.05) is 18.2 Å². The maximum absolute atomic E-state index is 12.1. The van der Waals surface area contributed by atoms with Crippen LogP contribution in [0.1, 0.15) is 19.4 Å². The number of carbonyl (C=O) groups excluding carboxylic acids is 1. The molecule has 6 heteroatoms. The number of aromatic amines is 1. The molecule has 1 aromatic heterocycles. The summed E-state index contributed by atoms with van der Waals surface area (Å²) in [6.45, 7) is 4.82. The summed E-state index contributed by atoms with van der Waals surface area (Å²) in [5.74, 6) is -0.0950. The lowest BCUT2D eigenvalue weighted by atomic mass is 10.0. The van der Waals surface area contributed by atoms with Crippen LogP contribution in [0.5, 0.6) is 0 Å². The number of H-pyrrole nitrogens is 1. The van der Waals surface area contributed by atoms with E-state index in [1.807, 2.05) is 36.7 Å². The standard InChI is InChI=1S/C16H23N3OS.ClH/c1-16(2,21-3)10-19-15(20)13(17)8-11-9-18-14-7-5-4-6-12(11)14;/h4-7,9,13,18H,8,10,17H2,1-3H3,(H,19,20);1H/t13-;/m0./s1. The number of hydrogen-bond acceptors (Lipinski definition) is 3. The van der Waals surface area contributed by atoms with E-state index in [-0.39, 0.29) is 23.1 Å². The van der Waals surface area contributed by atoms with Crippen molar-refractivity contribution in [3.05, 3.63) is 36.0 Å². The Morgan fingerprint density at radius 3 is 2.77 bits per heavy atom. The third-order valence-electron chi connectivity index (χ3n) is 3.69. The van der Waals surface area contributed by atoms with Crippen LogP contribution in [0, 0.1) is 0 Å². The number of nitrogens with one attached hydrogen (secondary N) is 2. The third kappa shape index (κ3) is 4.66. The summed E-state index contributed by atoms with van der Waals surface area (Å²) in [5.41, 5.74) is 8.19. The number of aromatic nitrogens is 1. The van der Waals surface area contributed by atoms with Gasteiger partial charge in [-0.2, -0.15) is 11.8 Å². The van der Waals surface area contributed by atoms with Crippen molar-refractivity contribution in [3.8, 4) is 0 Å². The molecule has 0 aliphatic rings. The van der Waals surface area contributed by atoms with E-state index in [4.69, 9.17) is 5.73 Å². The largest absolute Gasteiger partial charge is 0.361 e. The van der Waals surface area contributed by atoms with Crippen LogP contribution in [0.4, 0.5) is 0 Å². The van der Waals surface area contributed by atoms with Gasteiger partial charge in [0, 0.05) is 28.4 Å². The van der Waals surface area contributed by atoms with Gasteiger partial charge in [-0.25, -0.2) is 0 Å². The molecule has 22 heavy (non-hydrogen) atoms. The third-order valence-corrected chi connectivity index (χ3v) is 4.94. The average Bonchev–Trinajstić information content (AvgIpc) is 2.88. The van der Waals surface area contributed by atoms with Gasteiger partial charge in [0.2, 0.25) is 5.91 Å². The van der Waals surface area contributed by atoms with Crippen molar-refractivity contribution < 1.29 is 4.79 Å². The average molecular weight is 342 g/mol. The van der Waals surface area contributed by atoms with E-state index in [1.54, 1.807) is 11.8 Å². The fraction of sp³-hybridized carbons (Fsp3) is 0.438. The highest BCUT2D eigenvalue weighted by atomic mass is 35.5. The van der Waals surface area contributed by atoms with Gasteiger partial charge in [0.25, 0.3) is 0 Å². The highest BCUT2D eigenvalue weighted by Gasteiger charge is 2.20. The lowest BCUT2D eigenvalue weighted by Gasteiger charge is -2.23. The van der Waals surface area contributed by atoms with Crippen molar-refractivity contribution in [2.24, 2.45) is 5.73 Å². The number of nitrogens with two attached hydrogens (primary N) is 1. The summed E-state index contributed by atoms with van der Waals surface area (Å²) in [6, 6.07) is 7.52. The first-order valence-corrected chi connectivity index (χ1v) is 8.29. The van der Waals surface area contributed by atoms with Crippen LogP contribution < -0.4 is 11.1 Å². The number of rotatable bonds is 6. The minimum absolute atomic E-state index is 0. The molecule has 2 aromatic rings. The highest BCUT2D eigenvalue weighted by molar-refractivity contribution is 7.99. The number of amides is 1. The second-order valence-corrected chi connectivity index (χ2v) is 7.37. The molecule has 4 nitrogen and oxygen atoms in total. The molecule has 1 amide bonds. The summed E-state index contributed by atoms with van der Waals surface area (Å²) >= 11 is 1.73. The van der Waals surface area contributed by atoms with Crippen LogP contribution in [0.25, 0.3) is 10.9 Å². The normalized spacial score (nSPS) is 12.7. The molecular weight excluding hydrogens is 318 g/mol. The molecule has 0 fully saturated rings. The Morgan fingerprint density at radius 1 is 1.41 bits per heavy atom. The molecule has 0 saturated carbocycles. The SMILES string of the molecule is CSC(C)(C)CNC(=O)[C@@H](N)Cc1c[nH]c2ccccc12.Cl. The molecule has 0 spiro atoms. The monoisotopic (exact) mass is 341 g/mol. The van der Waals surface area contributed by atoms with E-state index < -0.39 is 6.04 Å². The minimum atomic E-state index is -0.526. The topological polar surface area (TPSA) is 70.9 Å². The zero-order valence-electron chi connectivity index (χ0n) is 13.2. The second-order valence-electron chi connectivity index (χ2n) is 5.85. The number of halogens is 1. The fourth-order valence-corrected chi connectivity index (χ4v) is 2.35. The van der Waals surface area contributed by atoms with E-state index in [0.29, 0.717) is 13.0 Å². The van der Waals surface area contributed by atoms with Gasteiger partial charge in [0.05, 0.1) is 6.04 Å². The minimum Gasteiger partial charge on any atom is -0.361 e. The quantitative estimate of drug-likeness (QED) is 0.756. The summed E-state index contributed by atoms with van der Waals surface area (Å²) < 4.78 is 0.0240. The second kappa shape index (κ2) is 7.90. The maximum Gasteiger partial charge on any atom is 0.237 e. The van der Waals surface area contributed by atoms with E-state index in [0.717, 1.165) is 16.5 Å². The molecule has 1 aromatic carbocycles. The number of para-hydroxylation sites is 1. The van der Waals surface area contributed by atoms with Crippen LogP contribution in [0.3, 0.4) is 0 Å². The first-order valence-electron chi connectivity index (χ1n) is 7.06. The van der Waals surface area contributed by atoms with Crippen molar-refractivity contribution in [2.75, 3.05) is 12.8 Å². The fourth-order valence-electron chi connectivity index (χ4n) is 2.13. The predicted octanol–water partition coefficient (Wildman–Crippen LogP) is 2.72. The number of carbonyl (C=O) groups is 1. The molecule has 0 aliphatic heterocycles. The first-order chi connectivity index (χ1) is 9.93. The number of fused-ring (bicyclic) bond motifs is 1. The number of benzene rings is 1. The Kier molecular flexibility index (Phi) is 6.78. The molecule has 0 radical (unpaired) electrons. The molecule has 0 bridgehead atoms. The molecule has 0 unspecified atom stereocenters. The van der Waals surface area contributed by atoms with Crippen LogP contribution >= 0.6 is 24.2 Å². The van der Waals surface area contributed by atoms with Gasteiger partial charge >= 0.3 is 0 Å². The lowest BCUT2D eigenvalue weighted by molar-refractivity contribution is -0.122. The van der Waals surface area contributed by atoms with Gasteiger partial charge in [-0.05, 0) is 38.2 Å². The van der Waals surface area contributed by atoms with Gasteiger partial charge in [0.15, 0.2) is 0 Å². The van der Waals surface area contributed by atoms with Crippen LogP contribution in [0.2, 0.25) is 0 Å².